The van der Waals surface area contributed by atoms with Gasteiger partial charge in [0.15, 0.2) is 0 Å². The molecule has 64 valence electrons. The third-order valence-corrected chi connectivity index (χ3v) is 1.31. The molecule has 0 unspecified atom stereocenters. The molecule has 0 fully saturated rings. The maximum absolute atomic E-state index is 10.9. The first-order valence-corrected chi connectivity index (χ1v) is 3.47. The molecule has 1 aromatic heterocycles. The number of esters is 1. The summed E-state index contributed by atoms with van der Waals surface area (Å²) in [4.78, 5) is 10.9. The normalized spacial score (nSPS) is 8.15. The molecule has 5 nitrogen and oxygen atoms in total. The van der Waals surface area contributed by atoms with E-state index in [2.05, 4.69) is 32.8 Å². The fourth-order valence-electron chi connectivity index (χ4n) is 0.560. The van der Waals surface area contributed by atoms with Gasteiger partial charge in [-0.05, 0) is 6.92 Å². The number of nitrogens with zero attached hydrogens (tertiary/aromatic N) is 2. The second-order valence-corrected chi connectivity index (χ2v) is 2.18. The monoisotopic (exact) mass is 221 g/mol. The van der Waals surface area contributed by atoms with Gasteiger partial charge in [0, 0.05) is 0 Å². The predicted octanol–water partition coefficient (Wildman–Crippen LogP) is -1.03. The van der Waals surface area contributed by atoms with Crippen molar-refractivity contribution in [2.24, 2.45) is 0 Å². The van der Waals surface area contributed by atoms with Gasteiger partial charge in [-0.15, -0.1) is 17.7 Å². The van der Waals surface area contributed by atoms with E-state index in [-0.39, 0.29) is 64.8 Å². The number of thiol groups is 1. The van der Waals surface area contributed by atoms with Crippen LogP contribution in [0.2, 0.25) is 0 Å². The van der Waals surface area contributed by atoms with Crippen molar-refractivity contribution in [2.75, 3.05) is 6.61 Å². The molecule has 0 aliphatic rings. The molecule has 0 aliphatic heterocycles. The molecule has 1 aromatic rings. The average molecular weight is 221 g/mol. The number of hydrogen-bond donors (Lipinski definition) is 2. The van der Waals surface area contributed by atoms with Gasteiger partial charge >= 0.3 is 65.1 Å². The van der Waals surface area contributed by atoms with Crippen molar-refractivity contribution in [3.8, 4) is 0 Å². The quantitative estimate of drug-likeness (QED) is 0.381. The number of nitrogens with one attached hydrogen (secondary N) is 1. The molecule has 0 aromatic carbocycles. The molecule has 0 bridgehead atoms. The number of carbonyl (C=O) groups is 1. The third kappa shape index (κ3) is 4.83. The number of aromatic nitrogens is 3. The molecule has 0 amide bonds. The van der Waals surface area contributed by atoms with Crippen molar-refractivity contribution < 1.29 is 9.53 Å². The van der Waals surface area contributed by atoms with Crippen LogP contribution >= 0.6 is 12.6 Å². The maximum atomic E-state index is 10.9. The number of H-pyrrole nitrogens is 1. The Bertz CT molecular complexity index is 268. The van der Waals surface area contributed by atoms with Crippen LogP contribution < -0.4 is 0 Å². The van der Waals surface area contributed by atoms with Gasteiger partial charge in [-0.2, -0.15) is 0 Å². The van der Waals surface area contributed by atoms with Crippen molar-refractivity contribution in [2.45, 2.75) is 11.9 Å². The molecule has 13 heavy (non-hydrogen) atoms. The summed E-state index contributed by atoms with van der Waals surface area (Å²) < 4.78 is 4.66. The summed E-state index contributed by atoms with van der Waals surface area (Å²) in [6.07, 6.45) is 0. The van der Waals surface area contributed by atoms with Gasteiger partial charge in [-0.1, -0.05) is 5.21 Å². The van der Waals surface area contributed by atoms with Gasteiger partial charge in [-0.3, -0.25) is 5.10 Å². The van der Waals surface area contributed by atoms with Crippen LogP contribution in [0.5, 0.6) is 0 Å². The SMILES string of the molecule is CCOC(=O)c1nn[nH]c1S.[NaH].[NaH]. The van der Waals surface area contributed by atoms with E-state index in [9.17, 15) is 4.79 Å². The summed E-state index contributed by atoms with van der Waals surface area (Å²) in [6.45, 7) is 2.04. The Morgan fingerprint density at radius 3 is 2.62 bits per heavy atom. The summed E-state index contributed by atoms with van der Waals surface area (Å²) in [7, 11) is 0. The molecule has 1 N–H and O–H groups in total. The molecule has 0 radical (unpaired) electrons. The molecule has 0 saturated carbocycles. The molecule has 0 saturated heterocycles. The van der Waals surface area contributed by atoms with E-state index in [0.29, 0.717) is 11.6 Å². The Morgan fingerprint density at radius 2 is 2.23 bits per heavy atom. The predicted molar refractivity (Wildman–Crippen MR) is 53.9 cm³/mol. The minimum absolute atomic E-state index is 0. The number of carbonyl (C=O) groups excluding carboxylic acids is 1. The molecular weight excluding hydrogens is 212 g/mol. The van der Waals surface area contributed by atoms with E-state index < -0.39 is 5.97 Å². The molecule has 0 atom stereocenters. The van der Waals surface area contributed by atoms with Gasteiger partial charge in [0.1, 0.15) is 5.03 Å². The molecule has 1 rings (SSSR count). The molecule has 0 aliphatic carbocycles. The van der Waals surface area contributed by atoms with Crippen LogP contribution in [-0.4, -0.2) is 87.1 Å². The molecule has 8 heteroatoms. The second kappa shape index (κ2) is 8.28. The zero-order valence-electron chi connectivity index (χ0n) is 5.87. The Kier molecular flexibility index (Phi) is 10.4. The molecule has 1 heterocycles. The van der Waals surface area contributed by atoms with Crippen molar-refractivity contribution in [1.29, 1.82) is 0 Å². The van der Waals surface area contributed by atoms with Crippen molar-refractivity contribution >= 4 is 77.7 Å². The number of rotatable bonds is 2. The van der Waals surface area contributed by atoms with Crippen LogP contribution in [-0.2, 0) is 4.74 Å². The zero-order chi connectivity index (χ0) is 8.27. The summed E-state index contributed by atoms with van der Waals surface area (Å²) in [5.74, 6) is -0.508. The van der Waals surface area contributed by atoms with Crippen LogP contribution in [0.25, 0.3) is 0 Å². The summed E-state index contributed by atoms with van der Waals surface area (Å²) in [5.41, 5.74) is 0.121. The van der Waals surface area contributed by atoms with Crippen LogP contribution in [0.15, 0.2) is 5.03 Å². The van der Waals surface area contributed by atoms with E-state index in [4.69, 9.17) is 0 Å². The van der Waals surface area contributed by atoms with Crippen LogP contribution in [0, 0.1) is 0 Å². The van der Waals surface area contributed by atoms with E-state index >= 15 is 0 Å². The molecule has 0 spiro atoms. The van der Waals surface area contributed by atoms with E-state index in [1.54, 1.807) is 6.92 Å². The first-order chi connectivity index (χ1) is 5.25. The topological polar surface area (TPSA) is 67.9 Å². The molecular formula is C5H9N3Na2O2S. The fourth-order valence-corrected chi connectivity index (χ4v) is 0.740. The number of hydrogen-bond acceptors (Lipinski definition) is 5. The minimum atomic E-state index is -0.508. The zero-order valence-corrected chi connectivity index (χ0v) is 6.76. The standard InChI is InChI=1S/C5H7N3O2S.2Na.2H/c1-2-10-5(9)3-4(11)7-8-6-3;;;;/h2H2,1H3,(H2,6,7,8,11);;;;. The third-order valence-electron chi connectivity index (χ3n) is 0.999. The van der Waals surface area contributed by atoms with Gasteiger partial charge in [0.25, 0.3) is 0 Å². The van der Waals surface area contributed by atoms with Gasteiger partial charge < -0.3 is 4.74 Å². The van der Waals surface area contributed by atoms with Crippen molar-refractivity contribution in [3.05, 3.63) is 5.69 Å². The van der Waals surface area contributed by atoms with Gasteiger partial charge in [-0.25, -0.2) is 4.79 Å². The Balaban J connectivity index is 0. The Hall–Kier alpha value is 0.960. The van der Waals surface area contributed by atoms with E-state index in [1.165, 1.54) is 0 Å². The van der Waals surface area contributed by atoms with Crippen LogP contribution in [0.4, 0.5) is 0 Å². The van der Waals surface area contributed by atoms with E-state index in [1.807, 2.05) is 0 Å². The second-order valence-electron chi connectivity index (χ2n) is 1.73. The summed E-state index contributed by atoms with van der Waals surface area (Å²) >= 11 is 3.90. The first kappa shape index (κ1) is 16.4. The van der Waals surface area contributed by atoms with Gasteiger partial charge in [0.2, 0.25) is 5.69 Å². The van der Waals surface area contributed by atoms with E-state index in [0.717, 1.165) is 0 Å². The van der Waals surface area contributed by atoms with Crippen molar-refractivity contribution in [1.82, 2.24) is 15.4 Å². The average Bonchev–Trinajstić information content (AvgIpc) is 2.36. The van der Waals surface area contributed by atoms with Crippen LogP contribution in [0.3, 0.4) is 0 Å². The first-order valence-electron chi connectivity index (χ1n) is 3.02. The Morgan fingerprint density at radius 1 is 1.62 bits per heavy atom. The number of ether oxygens (including phenoxy) is 1. The van der Waals surface area contributed by atoms with Gasteiger partial charge in [0.05, 0.1) is 6.61 Å². The number of aromatic amines is 1. The summed E-state index contributed by atoms with van der Waals surface area (Å²) in [6, 6.07) is 0. The van der Waals surface area contributed by atoms with Crippen LogP contribution in [0.1, 0.15) is 17.4 Å². The Labute approximate surface area is 125 Å². The fraction of sp³-hybridized carbons (Fsp3) is 0.400. The summed E-state index contributed by atoms with van der Waals surface area (Å²) in [5, 5.41) is 9.58. The van der Waals surface area contributed by atoms with Crippen molar-refractivity contribution in [3.63, 3.8) is 0 Å².